The van der Waals surface area contributed by atoms with Gasteiger partial charge in [-0.25, -0.2) is 9.78 Å². The predicted molar refractivity (Wildman–Crippen MR) is 143 cm³/mol. The van der Waals surface area contributed by atoms with Gasteiger partial charge in [0, 0.05) is 25.1 Å². The largest absolute Gasteiger partial charge is 0.446 e. The average molecular weight is 555 g/mol. The summed E-state index contributed by atoms with van der Waals surface area (Å²) in [5.41, 5.74) is 7.51. The number of hydrogen-bond acceptors (Lipinski definition) is 7. The number of hydrogen-bond donors (Lipinski definition) is 2. The molecule has 4 amide bonds. The number of benzene rings is 2. The van der Waals surface area contributed by atoms with E-state index in [1.54, 1.807) is 17.4 Å². The van der Waals surface area contributed by atoms with Crippen LogP contribution in [-0.2, 0) is 27.4 Å². The SMILES string of the molecule is Cc1ccc2scnc2c1C1CC(OC(=O)NCc2ccc3c(c2)C(=O)N([C@H]2CCC(=O)NC2=O)C3)C1.Cl. The molecule has 3 heterocycles. The number of alkyl carbamates (subject to hydrolysis) is 1. The third kappa shape index (κ3) is 4.74. The van der Waals surface area contributed by atoms with E-state index in [9.17, 15) is 19.2 Å². The standard InChI is InChI=1S/C27H26N4O5S.ClH/c1-14-2-6-21-24(29-13-37-21)23(14)17-9-18(10-17)36-27(35)28-11-15-3-4-16-12-31(26(34)19(16)8-15)20-5-7-22(32)30-25(20)33;/h2-4,6,8,13,17-18,20H,5,7,9-12H2,1H3,(H,28,35)(H,30,32,33);1H/t17?,18?,20-;/m0./s1. The fraction of sp³-hybridized carbons (Fsp3) is 0.370. The first-order valence-electron chi connectivity index (χ1n) is 12.4. The summed E-state index contributed by atoms with van der Waals surface area (Å²) in [5.74, 6) is -0.646. The van der Waals surface area contributed by atoms with Crippen molar-refractivity contribution >= 4 is 57.8 Å². The molecule has 11 heteroatoms. The molecule has 3 aromatic rings. The molecule has 0 radical (unpaired) electrons. The molecule has 1 saturated carbocycles. The molecule has 198 valence electrons. The van der Waals surface area contributed by atoms with Crippen LogP contribution in [0.2, 0.25) is 0 Å². The first-order chi connectivity index (χ1) is 17.9. The van der Waals surface area contributed by atoms with E-state index in [2.05, 4.69) is 34.7 Å². The Balaban J connectivity index is 0.00000294. The molecular formula is C27H27ClN4O5S. The Bertz CT molecular complexity index is 1450. The van der Waals surface area contributed by atoms with Crippen molar-refractivity contribution in [2.45, 2.75) is 63.8 Å². The summed E-state index contributed by atoms with van der Waals surface area (Å²) in [4.78, 5) is 55.1. The Morgan fingerprint density at radius 1 is 1.21 bits per heavy atom. The zero-order valence-corrected chi connectivity index (χ0v) is 22.3. The second-order valence-electron chi connectivity index (χ2n) is 9.94. The first kappa shape index (κ1) is 26.1. The van der Waals surface area contributed by atoms with Crippen LogP contribution in [0.15, 0.2) is 35.8 Å². The van der Waals surface area contributed by atoms with Gasteiger partial charge in [-0.3, -0.25) is 19.7 Å². The van der Waals surface area contributed by atoms with Crippen molar-refractivity contribution < 1.29 is 23.9 Å². The molecule has 6 rings (SSSR count). The summed E-state index contributed by atoms with van der Waals surface area (Å²) in [6.07, 6.45) is 1.47. The van der Waals surface area contributed by atoms with Gasteiger partial charge in [0.25, 0.3) is 5.91 Å². The average Bonchev–Trinajstić information content (AvgIpc) is 3.45. The first-order valence-corrected chi connectivity index (χ1v) is 13.3. The number of halogens is 1. The third-order valence-electron chi connectivity index (χ3n) is 7.57. The van der Waals surface area contributed by atoms with Crippen molar-refractivity contribution in [3.8, 4) is 0 Å². The third-order valence-corrected chi connectivity index (χ3v) is 8.36. The molecule has 0 unspecified atom stereocenters. The van der Waals surface area contributed by atoms with Crippen LogP contribution in [0, 0.1) is 6.92 Å². The number of rotatable bonds is 5. The smallest absolute Gasteiger partial charge is 0.407 e. The van der Waals surface area contributed by atoms with Crippen LogP contribution < -0.4 is 10.6 Å². The van der Waals surface area contributed by atoms with Crippen molar-refractivity contribution in [3.63, 3.8) is 0 Å². The highest BCUT2D eigenvalue weighted by atomic mass is 35.5. The zero-order valence-electron chi connectivity index (χ0n) is 20.7. The van der Waals surface area contributed by atoms with Gasteiger partial charge in [0.15, 0.2) is 0 Å². The van der Waals surface area contributed by atoms with E-state index in [1.165, 1.54) is 20.7 Å². The lowest BCUT2D eigenvalue weighted by atomic mass is 9.75. The van der Waals surface area contributed by atoms with Gasteiger partial charge in [-0.15, -0.1) is 23.7 Å². The lowest BCUT2D eigenvalue weighted by molar-refractivity contribution is -0.136. The molecule has 9 nitrogen and oxygen atoms in total. The molecule has 0 bridgehead atoms. The van der Waals surface area contributed by atoms with Crippen LogP contribution in [-0.4, -0.2) is 45.8 Å². The van der Waals surface area contributed by atoms with Crippen molar-refractivity contribution in [1.82, 2.24) is 20.5 Å². The molecule has 1 aromatic heterocycles. The highest BCUT2D eigenvalue weighted by Gasteiger charge is 2.39. The minimum absolute atomic E-state index is 0. The number of aryl methyl sites for hydroxylation is 1. The molecule has 3 aliphatic rings. The molecule has 2 fully saturated rings. The number of carbonyl (C=O) groups excluding carboxylic acids is 4. The van der Waals surface area contributed by atoms with Crippen molar-refractivity contribution in [2.24, 2.45) is 0 Å². The van der Waals surface area contributed by atoms with E-state index < -0.39 is 18.0 Å². The summed E-state index contributed by atoms with van der Waals surface area (Å²) in [5, 5.41) is 5.09. The topological polar surface area (TPSA) is 118 Å². The number of imide groups is 1. The zero-order chi connectivity index (χ0) is 25.7. The van der Waals surface area contributed by atoms with Gasteiger partial charge in [0.2, 0.25) is 11.8 Å². The molecule has 2 aliphatic heterocycles. The molecule has 2 aromatic carbocycles. The van der Waals surface area contributed by atoms with Crippen LogP contribution in [0.25, 0.3) is 10.2 Å². The van der Waals surface area contributed by atoms with E-state index in [1.807, 2.05) is 17.6 Å². The summed E-state index contributed by atoms with van der Waals surface area (Å²) in [6.45, 7) is 2.65. The molecule has 2 N–H and O–H groups in total. The molecule has 0 spiro atoms. The highest BCUT2D eigenvalue weighted by Crippen LogP contribution is 2.43. The van der Waals surface area contributed by atoms with Crippen molar-refractivity contribution in [1.29, 1.82) is 0 Å². The molecule has 1 atom stereocenters. The van der Waals surface area contributed by atoms with Gasteiger partial charge in [0.1, 0.15) is 12.1 Å². The van der Waals surface area contributed by atoms with Gasteiger partial charge < -0.3 is 15.0 Å². The second-order valence-corrected chi connectivity index (χ2v) is 10.8. The van der Waals surface area contributed by atoms with Crippen LogP contribution in [0.1, 0.15) is 64.2 Å². The normalized spacial score (nSPS) is 22.4. The number of piperidine rings is 1. The van der Waals surface area contributed by atoms with E-state index in [0.29, 0.717) is 24.4 Å². The quantitative estimate of drug-likeness (QED) is 0.461. The Labute approximate surface area is 229 Å². The van der Waals surface area contributed by atoms with Crippen LogP contribution in [0.3, 0.4) is 0 Å². The fourth-order valence-corrected chi connectivity index (χ4v) is 6.24. The Morgan fingerprint density at radius 2 is 2.03 bits per heavy atom. The Morgan fingerprint density at radius 3 is 2.82 bits per heavy atom. The maximum atomic E-state index is 13.0. The Hall–Kier alpha value is -3.50. The lowest BCUT2D eigenvalue weighted by Gasteiger charge is -2.35. The van der Waals surface area contributed by atoms with Gasteiger partial charge in [-0.05, 0) is 66.5 Å². The molecule has 38 heavy (non-hydrogen) atoms. The van der Waals surface area contributed by atoms with E-state index >= 15 is 0 Å². The summed E-state index contributed by atoms with van der Waals surface area (Å²) < 4.78 is 6.79. The fourth-order valence-electron chi connectivity index (χ4n) is 5.54. The lowest BCUT2D eigenvalue weighted by Crippen LogP contribution is -2.52. The van der Waals surface area contributed by atoms with Crippen LogP contribution >= 0.6 is 23.7 Å². The van der Waals surface area contributed by atoms with E-state index in [0.717, 1.165) is 29.5 Å². The van der Waals surface area contributed by atoms with Crippen molar-refractivity contribution in [2.75, 3.05) is 0 Å². The molecular weight excluding hydrogens is 528 g/mol. The Kier molecular flexibility index (Phi) is 7.11. The number of carbonyl (C=O) groups is 4. The number of ether oxygens (including phenoxy) is 1. The number of amides is 4. The van der Waals surface area contributed by atoms with Gasteiger partial charge in [-0.2, -0.15) is 0 Å². The van der Waals surface area contributed by atoms with E-state index in [-0.39, 0.29) is 43.3 Å². The maximum absolute atomic E-state index is 13.0. The van der Waals surface area contributed by atoms with E-state index in [4.69, 9.17) is 4.74 Å². The number of fused-ring (bicyclic) bond motifs is 2. The highest BCUT2D eigenvalue weighted by molar-refractivity contribution is 7.16. The van der Waals surface area contributed by atoms with Gasteiger partial charge in [0.05, 0.1) is 15.7 Å². The monoisotopic (exact) mass is 554 g/mol. The maximum Gasteiger partial charge on any atom is 0.407 e. The van der Waals surface area contributed by atoms with Crippen LogP contribution in [0.4, 0.5) is 4.79 Å². The number of aromatic nitrogens is 1. The second kappa shape index (κ2) is 10.3. The minimum atomic E-state index is -0.647. The number of nitrogens with zero attached hydrogens (tertiary/aromatic N) is 2. The van der Waals surface area contributed by atoms with Gasteiger partial charge >= 0.3 is 6.09 Å². The van der Waals surface area contributed by atoms with Crippen molar-refractivity contribution in [3.05, 3.63) is 63.7 Å². The molecule has 1 aliphatic carbocycles. The summed E-state index contributed by atoms with van der Waals surface area (Å²) in [6, 6.07) is 9.04. The minimum Gasteiger partial charge on any atom is -0.446 e. The molecule has 1 saturated heterocycles. The summed E-state index contributed by atoms with van der Waals surface area (Å²) >= 11 is 1.63. The number of nitrogens with one attached hydrogen (secondary N) is 2. The predicted octanol–water partition coefficient (Wildman–Crippen LogP) is 3.96. The number of thiazole rings is 1. The summed E-state index contributed by atoms with van der Waals surface area (Å²) in [7, 11) is 0. The van der Waals surface area contributed by atoms with Gasteiger partial charge in [-0.1, -0.05) is 18.2 Å². The van der Waals surface area contributed by atoms with Crippen LogP contribution in [0.5, 0.6) is 0 Å².